The van der Waals surface area contributed by atoms with Gasteiger partial charge >= 0.3 is 0 Å². The van der Waals surface area contributed by atoms with Crippen LogP contribution in [0.5, 0.6) is 0 Å². The molecule has 1 aliphatic rings. The van der Waals surface area contributed by atoms with Crippen molar-refractivity contribution in [1.82, 2.24) is 5.32 Å². The highest BCUT2D eigenvalue weighted by atomic mass is 79.9. The molecule has 1 saturated carbocycles. The average Bonchev–Trinajstić information content (AvgIpc) is 2.95. The fourth-order valence-corrected chi connectivity index (χ4v) is 1.68. The van der Waals surface area contributed by atoms with Crippen LogP contribution in [0.25, 0.3) is 0 Å². The first-order valence-electron chi connectivity index (χ1n) is 4.53. The first kappa shape index (κ1) is 10.9. The first-order chi connectivity index (χ1) is 7.08. The third kappa shape index (κ3) is 2.49. The predicted molar refractivity (Wildman–Crippen MR) is 59.6 cm³/mol. The summed E-state index contributed by atoms with van der Waals surface area (Å²) in [4.78, 5) is 11.6. The quantitative estimate of drug-likeness (QED) is 0.834. The molecule has 0 radical (unpaired) electrons. The zero-order chi connectivity index (χ0) is 11.0. The Morgan fingerprint density at radius 3 is 2.80 bits per heavy atom. The molecule has 1 amide bonds. The molecule has 0 unspecified atom stereocenters. The SMILES string of the molecule is O=C(NC1CC1)c1cc(Br)c(Cl)cc1F. The van der Waals surface area contributed by atoms with E-state index >= 15 is 0 Å². The summed E-state index contributed by atoms with van der Waals surface area (Å²) in [5.74, 6) is -0.978. The molecule has 80 valence electrons. The maximum atomic E-state index is 13.4. The molecule has 0 saturated heterocycles. The van der Waals surface area contributed by atoms with Gasteiger partial charge in [-0.3, -0.25) is 4.79 Å². The summed E-state index contributed by atoms with van der Waals surface area (Å²) in [6.07, 6.45) is 1.95. The Labute approximate surface area is 99.9 Å². The fourth-order valence-electron chi connectivity index (χ4n) is 1.19. The van der Waals surface area contributed by atoms with Crippen LogP contribution in [-0.2, 0) is 0 Å². The molecule has 5 heteroatoms. The van der Waals surface area contributed by atoms with E-state index in [2.05, 4.69) is 21.2 Å². The second-order valence-corrected chi connectivity index (χ2v) is 4.76. The molecule has 1 aromatic rings. The Bertz CT molecular complexity index is 420. The second kappa shape index (κ2) is 4.10. The molecule has 1 fully saturated rings. The second-order valence-electron chi connectivity index (χ2n) is 3.49. The summed E-state index contributed by atoms with van der Waals surface area (Å²) >= 11 is 8.84. The van der Waals surface area contributed by atoms with Crippen LogP contribution >= 0.6 is 27.5 Å². The summed E-state index contributed by atoms with van der Waals surface area (Å²) in [6.45, 7) is 0. The lowest BCUT2D eigenvalue weighted by Crippen LogP contribution is -2.26. The molecule has 1 N–H and O–H groups in total. The fraction of sp³-hybridized carbons (Fsp3) is 0.300. The van der Waals surface area contributed by atoms with E-state index in [4.69, 9.17) is 11.6 Å². The molecule has 0 atom stereocenters. The minimum absolute atomic E-state index is 0.0261. The van der Waals surface area contributed by atoms with Crippen LogP contribution in [0, 0.1) is 5.82 Å². The molecule has 0 heterocycles. The van der Waals surface area contributed by atoms with Gasteiger partial charge in [0.15, 0.2) is 0 Å². The van der Waals surface area contributed by atoms with Gasteiger partial charge in [0.05, 0.1) is 10.6 Å². The molecule has 15 heavy (non-hydrogen) atoms. The summed E-state index contributed by atoms with van der Waals surface area (Å²) < 4.78 is 13.9. The third-order valence-corrected chi connectivity index (χ3v) is 3.36. The van der Waals surface area contributed by atoms with Crippen molar-refractivity contribution in [3.05, 3.63) is 33.0 Å². The third-order valence-electron chi connectivity index (χ3n) is 2.17. The van der Waals surface area contributed by atoms with E-state index in [1.807, 2.05) is 0 Å². The van der Waals surface area contributed by atoms with Gasteiger partial charge in [0.25, 0.3) is 5.91 Å². The topological polar surface area (TPSA) is 29.1 Å². The maximum absolute atomic E-state index is 13.4. The lowest BCUT2D eigenvalue weighted by molar-refractivity contribution is 0.0947. The number of halogens is 3. The van der Waals surface area contributed by atoms with E-state index in [1.165, 1.54) is 6.07 Å². The smallest absolute Gasteiger partial charge is 0.254 e. The molecular weight excluding hydrogens is 284 g/mol. The average molecular weight is 293 g/mol. The Morgan fingerprint density at radius 1 is 1.53 bits per heavy atom. The molecule has 2 rings (SSSR count). The van der Waals surface area contributed by atoms with Crippen molar-refractivity contribution in [2.75, 3.05) is 0 Å². The number of hydrogen-bond donors (Lipinski definition) is 1. The largest absolute Gasteiger partial charge is 0.349 e. The van der Waals surface area contributed by atoms with Crippen LogP contribution in [0.4, 0.5) is 4.39 Å². The van der Waals surface area contributed by atoms with Crippen LogP contribution in [0.2, 0.25) is 5.02 Å². The first-order valence-corrected chi connectivity index (χ1v) is 5.70. The molecular formula is C10H8BrClFNO. The normalized spacial score (nSPS) is 15.1. The van der Waals surface area contributed by atoms with Crippen LogP contribution < -0.4 is 5.32 Å². The van der Waals surface area contributed by atoms with E-state index in [1.54, 1.807) is 0 Å². The predicted octanol–water partition coefficient (Wildman–Crippen LogP) is 3.13. The van der Waals surface area contributed by atoms with Crippen molar-refractivity contribution in [3.8, 4) is 0 Å². The highest BCUT2D eigenvalue weighted by molar-refractivity contribution is 9.10. The van der Waals surface area contributed by atoms with Gasteiger partial charge in [0.2, 0.25) is 0 Å². The van der Waals surface area contributed by atoms with Gasteiger partial charge in [-0.15, -0.1) is 0 Å². The number of benzene rings is 1. The highest BCUT2D eigenvalue weighted by Gasteiger charge is 2.25. The van der Waals surface area contributed by atoms with Crippen LogP contribution in [0.1, 0.15) is 23.2 Å². The molecule has 1 aliphatic carbocycles. The minimum atomic E-state index is -0.596. The van der Waals surface area contributed by atoms with E-state index in [0.717, 1.165) is 18.9 Å². The lowest BCUT2D eigenvalue weighted by Gasteiger charge is -2.06. The molecule has 0 bridgehead atoms. The van der Waals surface area contributed by atoms with Crippen molar-refractivity contribution < 1.29 is 9.18 Å². The molecule has 0 aromatic heterocycles. The summed E-state index contributed by atoms with van der Waals surface area (Å²) in [5, 5.41) is 2.97. The highest BCUT2D eigenvalue weighted by Crippen LogP contribution is 2.26. The Morgan fingerprint density at radius 2 is 2.20 bits per heavy atom. The standard InChI is InChI=1S/C10H8BrClFNO/c11-7-3-6(9(13)4-8(7)12)10(15)14-5-1-2-5/h3-5H,1-2H2,(H,14,15). The summed E-state index contributed by atoms with van der Waals surface area (Å²) in [6, 6.07) is 2.74. The van der Waals surface area contributed by atoms with E-state index < -0.39 is 5.82 Å². The van der Waals surface area contributed by atoms with Crippen molar-refractivity contribution >= 4 is 33.4 Å². The zero-order valence-corrected chi connectivity index (χ0v) is 10.0. The van der Waals surface area contributed by atoms with E-state index in [0.29, 0.717) is 4.47 Å². The molecule has 0 spiro atoms. The summed E-state index contributed by atoms with van der Waals surface area (Å²) in [5.41, 5.74) is 0.0261. The van der Waals surface area contributed by atoms with Crippen molar-refractivity contribution in [2.24, 2.45) is 0 Å². The Kier molecular flexibility index (Phi) is 2.98. The molecule has 2 nitrogen and oxygen atoms in total. The number of hydrogen-bond acceptors (Lipinski definition) is 1. The number of rotatable bonds is 2. The number of nitrogens with one attached hydrogen (secondary N) is 1. The van der Waals surface area contributed by atoms with Crippen molar-refractivity contribution in [3.63, 3.8) is 0 Å². The van der Waals surface area contributed by atoms with Crippen LogP contribution in [-0.4, -0.2) is 11.9 Å². The monoisotopic (exact) mass is 291 g/mol. The van der Waals surface area contributed by atoms with E-state index in [-0.39, 0.29) is 22.5 Å². The number of carbonyl (C=O) groups is 1. The Balaban J connectivity index is 2.25. The van der Waals surface area contributed by atoms with Gasteiger partial charge in [0, 0.05) is 10.5 Å². The van der Waals surface area contributed by atoms with Gasteiger partial charge in [-0.1, -0.05) is 11.6 Å². The van der Waals surface area contributed by atoms with Gasteiger partial charge < -0.3 is 5.32 Å². The van der Waals surface area contributed by atoms with Crippen molar-refractivity contribution in [1.29, 1.82) is 0 Å². The minimum Gasteiger partial charge on any atom is -0.349 e. The van der Waals surface area contributed by atoms with Gasteiger partial charge in [-0.2, -0.15) is 0 Å². The van der Waals surface area contributed by atoms with Gasteiger partial charge in [0.1, 0.15) is 5.82 Å². The zero-order valence-electron chi connectivity index (χ0n) is 7.69. The van der Waals surface area contributed by atoms with Crippen molar-refractivity contribution in [2.45, 2.75) is 18.9 Å². The lowest BCUT2D eigenvalue weighted by atomic mass is 10.2. The van der Waals surface area contributed by atoms with Gasteiger partial charge in [-0.25, -0.2) is 4.39 Å². The Hall–Kier alpha value is -0.610. The van der Waals surface area contributed by atoms with Crippen LogP contribution in [0.15, 0.2) is 16.6 Å². The van der Waals surface area contributed by atoms with Crippen LogP contribution in [0.3, 0.4) is 0 Å². The number of carbonyl (C=O) groups excluding carboxylic acids is 1. The number of amides is 1. The summed E-state index contributed by atoms with van der Waals surface area (Å²) in [7, 11) is 0. The van der Waals surface area contributed by atoms with E-state index in [9.17, 15) is 9.18 Å². The molecule has 0 aliphatic heterocycles. The molecule has 1 aromatic carbocycles. The maximum Gasteiger partial charge on any atom is 0.254 e. The van der Waals surface area contributed by atoms with Gasteiger partial charge in [-0.05, 0) is 40.9 Å².